The molecule has 1 aromatic heterocycles. The molecule has 0 N–H and O–H groups in total. The number of furan rings is 1. The Hall–Kier alpha value is -1.28. The molecule has 0 bridgehead atoms. The summed E-state index contributed by atoms with van der Waals surface area (Å²) in [4.78, 5) is 12.0. The summed E-state index contributed by atoms with van der Waals surface area (Å²) in [5.41, 5.74) is 0.0521. The second-order valence-corrected chi connectivity index (χ2v) is 7.32. The first-order chi connectivity index (χ1) is 10.3. The Balaban J connectivity index is 2.26. The predicted molar refractivity (Wildman–Crippen MR) is 79.9 cm³/mol. The number of halogens is 5. The van der Waals surface area contributed by atoms with Crippen molar-refractivity contribution in [3.05, 3.63) is 59.0 Å². The molecule has 2 rings (SSSR count). The van der Waals surface area contributed by atoms with Gasteiger partial charge in [0.1, 0.15) is 12.2 Å². The van der Waals surface area contributed by atoms with Crippen molar-refractivity contribution < 1.29 is 27.1 Å². The minimum atomic E-state index is -4.78. The lowest BCUT2D eigenvalue weighted by Gasteiger charge is -2.09. The van der Waals surface area contributed by atoms with Crippen LogP contribution >= 0.6 is 31.9 Å². The molecule has 118 valence electrons. The van der Waals surface area contributed by atoms with E-state index < -0.39 is 27.2 Å². The van der Waals surface area contributed by atoms with Crippen molar-refractivity contribution in [1.82, 2.24) is 0 Å². The van der Waals surface area contributed by atoms with E-state index in [0.717, 1.165) is 6.26 Å². The first-order valence-electron chi connectivity index (χ1n) is 5.98. The lowest BCUT2D eigenvalue weighted by molar-refractivity contribution is -0.153. The molecule has 0 unspecified atom stereocenters. The topological polar surface area (TPSA) is 39.4 Å². The van der Waals surface area contributed by atoms with Crippen molar-refractivity contribution in [3.8, 4) is 0 Å². The van der Waals surface area contributed by atoms with Gasteiger partial charge in [-0.2, -0.15) is 13.2 Å². The van der Waals surface area contributed by atoms with Crippen LogP contribution in [-0.4, -0.2) is 5.97 Å². The highest BCUT2D eigenvalue weighted by Gasteiger charge is 2.42. The summed E-state index contributed by atoms with van der Waals surface area (Å²) in [5.74, 6) is -2.46. The molecule has 2 aromatic rings. The van der Waals surface area contributed by atoms with Gasteiger partial charge in [0.2, 0.25) is 5.76 Å². The molecule has 22 heavy (non-hydrogen) atoms. The maximum Gasteiger partial charge on any atom is 0.450 e. The molecule has 1 aromatic carbocycles. The molecule has 0 aliphatic rings. The van der Waals surface area contributed by atoms with E-state index in [-0.39, 0.29) is 12.2 Å². The Kier molecular flexibility index (Phi) is 5.33. The first kappa shape index (κ1) is 17.1. The maximum atomic E-state index is 12.9. The average molecular weight is 442 g/mol. The summed E-state index contributed by atoms with van der Waals surface area (Å²) in [6, 6.07) is 8.65. The lowest BCUT2D eigenvalue weighted by atomic mass is 10.1. The van der Waals surface area contributed by atoms with E-state index in [0.29, 0.717) is 5.56 Å². The molecular formula is C14H9Br2F3O3. The molecule has 1 heterocycles. The van der Waals surface area contributed by atoms with Crippen LogP contribution in [0.25, 0.3) is 0 Å². The second-order valence-electron chi connectivity index (χ2n) is 4.26. The van der Waals surface area contributed by atoms with Crippen LogP contribution in [0.1, 0.15) is 31.0 Å². The molecule has 0 saturated carbocycles. The highest BCUT2D eigenvalue weighted by molar-refractivity contribution is 9.24. The van der Waals surface area contributed by atoms with Crippen molar-refractivity contribution in [3.63, 3.8) is 0 Å². The number of esters is 1. The number of rotatable bonds is 4. The van der Waals surface area contributed by atoms with Crippen LogP contribution in [0.5, 0.6) is 0 Å². The maximum absolute atomic E-state index is 12.9. The molecule has 0 spiro atoms. The minimum absolute atomic E-state index is 0.0189. The van der Waals surface area contributed by atoms with Crippen LogP contribution in [-0.2, 0) is 17.5 Å². The third-order valence-corrected chi connectivity index (χ3v) is 3.72. The Morgan fingerprint density at radius 1 is 1.23 bits per heavy atom. The van der Waals surface area contributed by atoms with Gasteiger partial charge in [-0.1, -0.05) is 62.2 Å². The molecule has 3 nitrogen and oxygen atoms in total. The number of carbonyl (C=O) groups excluding carboxylic acids is 1. The van der Waals surface area contributed by atoms with Crippen molar-refractivity contribution in [2.45, 2.75) is 16.5 Å². The third-order valence-electron chi connectivity index (χ3n) is 2.73. The number of ether oxygens (including phenoxy) is 1. The van der Waals surface area contributed by atoms with Gasteiger partial charge >= 0.3 is 12.1 Å². The van der Waals surface area contributed by atoms with Crippen LogP contribution < -0.4 is 0 Å². The predicted octanol–water partition coefficient (Wildman–Crippen LogP) is 5.44. The van der Waals surface area contributed by atoms with Gasteiger partial charge in [0, 0.05) is 5.56 Å². The van der Waals surface area contributed by atoms with Crippen molar-refractivity contribution in [1.29, 1.82) is 0 Å². The summed E-state index contributed by atoms with van der Waals surface area (Å²) in [5, 5.41) is 0. The van der Waals surface area contributed by atoms with Gasteiger partial charge in [-0.25, -0.2) is 4.79 Å². The summed E-state index contributed by atoms with van der Waals surface area (Å²) in [7, 11) is 0. The van der Waals surface area contributed by atoms with Gasteiger partial charge in [-0.15, -0.1) is 0 Å². The van der Waals surface area contributed by atoms with E-state index in [1.165, 1.54) is 0 Å². The quantitative estimate of drug-likeness (QED) is 0.468. The van der Waals surface area contributed by atoms with Gasteiger partial charge in [0.25, 0.3) is 0 Å². The molecule has 0 radical (unpaired) electrons. The van der Waals surface area contributed by atoms with E-state index in [4.69, 9.17) is 4.74 Å². The summed E-state index contributed by atoms with van der Waals surface area (Å²) < 4.78 is 47.5. The Bertz CT molecular complexity index is 651. The zero-order valence-electron chi connectivity index (χ0n) is 10.9. The van der Waals surface area contributed by atoms with Crippen LogP contribution in [0.2, 0.25) is 0 Å². The fraction of sp³-hybridized carbons (Fsp3) is 0.214. The zero-order chi connectivity index (χ0) is 16.3. The SMILES string of the molecule is O=C(OCc1ccccc1)c1c(C(Br)Br)coc1C(F)(F)F. The van der Waals surface area contributed by atoms with Crippen molar-refractivity contribution in [2.75, 3.05) is 0 Å². The Labute approximate surface area is 140 Å². The largest absolute Gasteiger partial charge is 0.459 e. The fourth-order valence-corrected chi connectivity index (χ4v) is 2.42. The summed E-state index contributed by atoms with van der Waals surface area (Å²) >= 11 is 6.12. The van der Waals surface area contributed by atoms with E-state index in [1.54, 1.807) is 30.3 Å². The minimum Gasteiger partial charge on any atom is -0.459 e. The van der Waals surface area contributed by atoms with E-state index in [2.05, 4.69) is 36.3 Å². The second kappa shape index (κ2) is 6.87. The summed E-state index contributed by atoms with van der Waals surface area (Å²) in [6.45, 7) is -0.128. The van der Waals surface area contributed by atoms with Crippen LogP contribution in [0.4, 0.5) is 13.2 Å². The van der Waals surface area contributed by atoms with Crippen LogP contribution in [0.15, 0.2) is 41.0 Å². The summed E-state index contributed by atoms with van der Waals surface area (Å²) in [6.07, 6.45) is -3.91. The van der Waals surface area contributed by atoms with Gasteiger partial charge in [0.15, 0.2) is 0 Å². The lowest BCUT2D eigenvalue weighted by Crippen LogP contribution is -2.14. The smallest absolute Gasteiger partial charge is 0.450 e. The highest BCUT2D eigenvalue weighted by atomic mass is 79.9. The van der Waals surface area contributed by atoms with Crippen molar-refractivity contribution >= 4 is 37.8 Å². The van der Waals surface area contributed by atoms with Gasteiger partial charge in [-0.05, 0) is 5.56 Å². The highest BCUT2D eigenvalue weighted by Crippen LogP contribution is 2.41. The Morgan fingerprint density at radius 3 is 2.41 bits per heavy atom. The standard InChI is InChI=1S/C14H9Br2F3O3/c15-12(16)9-7-21-11(14(17,18)19)10(9)13(20)22-6-8-4-2-1-3-5-8/h1-5,7,12H,6H2. The van der Waals surface area contributed by atoms with Crippen LogP contribution in [0.3, 0.4) is 0 Å². The number of carbonyl (C=O) groups is 1. The zero-order valence-corrected chi connectivity index (χ0v) is 14.0. The normalized spacial score (nSPS) is 11.7. The van der Waals surface area contributed by atoms with Crippen LogP contribution in [0, 0.1) is 0 Å². The molecule has 0 aliphatic heterocycles. The Morgan fingerprint density at radius 2 is 1.86 bits per heavy atom. The van der Waals surface area contributed by atoms with Gasteiger partial charge in [0.05, 0.1) is 10.00 Å². The fourth-order valence-electron chi connectivity index (χ4n) is 1.75. The number of hydrogen-bond donors (Lipinski definition) is 0. The third kappa shape index (κ3) is 3.92. The van der Waals surface area contributed by atoms with E-state index in [1.807, 2.05) is 0 Å². The number of benzene rings is 1. The molecule has 0 saturated heterocycles. The van der Waals surface area contributed by atoms with Gasteiger partial charge in [-0.3, -0.25) is 0 Å². The molecule has 0 atom stereocenters. The van der Waals surface area contributed by atoms with E-state index in [9.17, 15) is 18.0 Å². The molecule has 8 heteroatoms. The van der Waals surface area contributed by atoms with Crippen molar-refractivity contribution in [2.24, 2.45) is 0 Å². The monoisotopic (exact) mass is 440 g/mol. The van der Waals surface area contributed by atoms with Gasteiger partial charge < -0.3 is 9.15 Å². The molecule has 0 aliphatic carbocycles. The molecular weight excluding hydrogens is 433 g/mol. The van der Waals surface area contributed by atoms with E-state index >= 15 is 0 Å². The first-order valence-corrected chi connectivity index (χ1v) is 7.81. The number of alkyl halides is 5. The average Bonchev–Trinajstić information content (AvgIpc) is 2.91. The number of hydrogen-bond acceptors (Lipinski definition) is 3. The molecule has 0 fully saturated rings. The molecule has 0 amide bonds.